The lowest BCUT2D eigenvalue weighted by Gasteiger charge is -2.33. The number of aliphatic carboxylic acids is 1. The van der Waals surface area contributed by atoms with Crippen LogP contribution in [0.15, 0.2) is 42.6 Å². The molecule has 3 heterocycles. The lowest BCUT2D eigenvalue weighted by Crippen LogP contribution is -2.39. The van der Waals surface area contributed by atoms with Crippen molar-refractivity contribution in [1.82, 2.24) is 14.5 Å². The van der Waals surface area contributed by atoms with Crippen LogP contribution in [-0.2, 0) is 29.1 Å². The standard InChI is InChI=1S/C27H28ClN3O3/c28-19-5-3-18(4-6-19)15-31-22-16-30(13-7-20(22)21-2-1-12-29-24(21)31)23(32)14-26-8-10-27(17-26,11-9-26)25(33)34/h1-6,12H,7-11,13-17H2,(H,33,34). The smallest absolute Gasteiger partial charge is 0.309 e. The number of nitrogens with zero attached hydrogens (tertiary/aromatic N) is 3. The second-order valence-corrected chi connectivity index (χ2v) is 11.0. The topological polar surface area (TPSA) is 75.4 Å². The normalized spacial score (nSPS) is 25.6. The van der Waals surface area contributed by atoms with Crippen LogP contribution in [0.5, 0.6) is 0 Å². The maximum Gasteiger partial charge on any atom is 0.309 e. The van der Waals surface area contributed by atoms with Crippen LogP contribution in [0.3, 0.4) is 0 Å². The van der Waals surface area contributed by atoms with Crippen molar-refractivity contribution >= 4 is 34.5 Å². The molecule has 176 valence electrons. The Hall–Kier alpha value is -2.86. The summed E-state index contributed by atoms with van der Waals surface area (Å²) in [6.07, 6.45) is 6.87. The second kappa shape index (κ2) is 7.84. The number of benzene rings is 1. The largest absolute Gasteiger partial charge is 0.481 e. The molecule has 0 spiro atoms. The molecule has 3 aliphatic rings. The van der Waals surface area contributed by atoms with E-state index in [1.807, 2.05) is 41.4 Å². The highest BCUT2D eigenvalue weighted by Crippen LogP contribution is 2.63. The molecule has 34 heavy (non-hydrogen) atoms. The van der Waals surface area contributed by atoms with Gasteiger partial charge < -0.3 is 14.6 Å². The van der Waals surface area contributed by atoms with Crippen LogP contribution in [0.4, 0.5) is 0 Å². The molecule has 1 aromatic carbocycles. The molecule has 2 bridgehead atoms. The molecule has 0 unspecified atom stereocenters. The summed E-state index contributed by atoms with van der Waals surface area (Å²) in [4.78, 5) is 32.0. The lowest BCUT2D eigenvalue weighted by atomic mass is 9.80. The van der Waals surface area contributed by atoms with Crippen molar-refractivity contribution in [2.75, 3.05) is 6.54 Å². The highest BCUT2D eigenvalue weighted by molar-refractivity contribution is 6.30. The number of hydrogen-bond acceptors (Lipinski definition) is 3. The average molecular weight is 478 g/mol. The summed E-state index contributed by atoms with van der Waals surface area (Å²) in [5.41, 5.74) is 3.80. The van der Waals surface area contributed by atoms with Crippen LogP contribution in [0, 0.1) is 10.8 Å². The molecule has 2 aromatic heterocycles. The number of rotatable bonds is 5. The number of fused-ring (bicyclic) bond motifs is 5. The summed E-state index contributed by atoms with van der Waals surface area (Å²) in [7, 11) is 0. The second-order valence-electron chi connectivity index (χ2n) is 10.5. The summed E-state index contributed by atoms with van der Waals surface area (Å²) in [5.74, 6) is -0.522. The first kappa shape index (κ1) is 21.7. The van der Waals surface area contributed by atoms with Crippen LogP contribution >= 0.6 is 11.6 Å². The molecule has 1 amide bonds. The van der Waals surface area contributed by atoms with E-state index in [0.717, 1.165) is 41.6 Å². The fraction of sp³-hybridized carbons (Fsp3) is 0.444. The van der Waals surface area contributed by atoms with Crippen molar-refractivity contribution in [1.29, 1.82) is 0 Å². The number of hydrogen-bond donors (Lipinski definition) is 1. The minimum absolute atomic E-state index is 0.132. The Morgan fingerprint density at radius 2 is 1.85 bits per heavy atom. The van der Waals surface area contributed by atoms with Crippen LogP contribution in [-0.4, -0.2) is 38.0 Å². The van der Waals surface area contributed by atoms with Crippen LogP contribution in [0.2, 0.25) is 5.02 Å². The van der Waals surface area contributed by atoms with E-state index in [1.165, 1.54) is 5.56 Å². The number of pyridine rings is 1. The van der Waals surface area contributed by atoms with Crippen LogP contribution < -0.4 is 0 Å². The van der Waals surface area contributed by atoms with Crippen LogP contribution in [0.1, 0.15) is 55.3 Å². The third-order valence-electron chi connectivity index (χ3n) is 8.58. The fourth-order valence-corrected chi connectivity index (χ4v) is 6.83. The van der Waals surface area contributed by atoms with Gasteiger partial charge in [0.2, 0.25) is 5.91 Å². The maximum atomic E-state index is 13.5. The molecule has 7 heteroatoms. The SMILES string of the molecule is O=C(CC12CCC(C(=O)O)(CC1)C2)N1CCc2c(n(Cc3ccc(Cl)cc3)c3ncccc23)C1. The number of carbonyl (C=O) groups excluding carboxylic acids is 1. The van der Waals surface area contributed by atoms with Gasteiger partial charge in [-0.3, -0.25) is 9.59 Å². The van der Waals surface area contributed by atoms with Crippen molar-refractivity contribution in [2.24, 2.45) is 10.8 Å². The van der Waals surface area contributed by atoms with E-state index in [1.54, 1.807) is 0 Å². The minimum Gasteiger partial charge on any atom is -0.481 e. The predicted molar refractivity (Wildman–Crippen MR) is 130 cm³/mol. The van der Waals surface area contributed by atoms with Crippen LogP contribution in [0.25, 0.3) is 11.0 Å². The van der Waals surface area contributed by atoms with Gasteiger partial charge in [0.25, 0.3) is 0 Å². The quantitative estimate of drug-likeness (QED) is 0.558. The summed E-state index contributed by atoms with van der Waals surface area (Å²) in [6.45, 7) is 1.94. The van der Waals surface area contributed by atoms with Crippen molar-refractivity contribution < 1.29 is 14.7 Å². The van der Waals surface area contributed by atoms with E-state index in [2.05, 4.69) is 15.6 Å². The van der Waals surface area contributed by atoms with Crippen molar-refractivity contribution in [2.45, 2.75) is 58.0 Å². The first-order valence-corrected chi connectivity index (χ1v) is 12.5. The molecular weight excluding hydrogens is 450 g/mol. The van der Waals surface area contributed by atoms with E-state index in [4.69, 9.17) is 11.6 Å². The Balaban J connectivity index is 1.27. The number of carboxylic acid groups (broad SMARTS) is 1. The Labute approximate surface area is 203 Å². The van der Waals surface area contributed by atoms with Gasteiger partial charge in [0, 0.05) is 41.8 Å². The van der Waals surface area contributed by atoms with E-state index in [0.29, 0.717) is 50.3 Å². The van der Waals surface area contributed by atoms with Gasteiger partial charge in [-0.25, -0.2) is 4.98 Å². The predicted octanol–water partition coefficient (Wildman–Crippen LogP) is 5.05. The first-order chi connectivity index (χ1) is 16.4. The van der Waals surface area contributed by atoms with E-state index >= 15 is 0 Å². The lowest BCUT2D eigenvalue weighted by molar-refractivity contribution is -0.148. The van der Waals surface area contributed by atoms with Gasteiger partial charge in [-0.2, -0.15) is 0 Å². The summed E-state index contributed by atoms with van der Waals surface area (Å²) < 4.78 is 2.24. The minimum atomic E-state index is -0.679. The number of amides is 1. The third kappa shape index (κ3) is 3.42. The molecule has 6 nitrogen and oxygen atoms in total. The molecule has 2 fully saturated rings. The zero-order valence-electron chi connectivity index (χ0n) is 19.1. The summed E-state index contributed by atoms with van der Waals surface area (Å²) in [5, 5.41) is 11.6. The average Bonchev–Trinajstić information content (AvgIpc) is 3.50. The highest BCUT2D eigenvalue weighted by atomic mass is 35.5. The zero-order chi connectivity index (χ0) is 23.5. The number of aromatic nitrogens is 2. The molecule has 1 aliphatic heterocycles. The number of carbonyl (C=O) groups is 2. The molecule has 0 atom stereocenters. The van der Waals surface area contributed by atoms with E-state index in [9.17, 15) is 14.7 Å². The molecule has 3 aromatic rings. The molecule has 0 radical (unpaired) electrons. The molecule has 2 aliphatic carbocycles. The van der Waals surface area contributed by atoms with Crippen molar-refractivity contribution in [3.63, 3.8) is 0 Å². The van der Waals surface area contributed by atoms with E-state index < -0.39 is 11.4 Å². The zero-order valence-corrected chi connectivity index (χ0v) is 19.9. The Bertz CT molecular complexity index is 1290. The van der Waals surface area contributed by atoms with Gasteiger partial charge in [-0.15, -0.1) is 0 Å². The molecular formula is C27H28ClN3O3. The van der Waals surface area contributed by atoms with Gasteiger partial charge >= 0.3 is 5.97 Å². The van der Waals surface area contributed by atoms with Gasteiger partial charge in [0.1, 0.15) is 5.65 Å². The molecule has 1 N–H and O–H groups in total. The Kier molecular flexibility index (Phi) is 4.99. The highest BCUT2D eigenvalue weighted by Gasteiger charge is 2.58. The Morgan fingerprint density at radius 1 is 1.09 bits per heavy atom. The monoisotopic (exact) mass is 477 g/mol. The van der Waals surface area contributed by atoms with Gasteiger partial charge in [0.05, 0.1) is 12.0 Å². The van der Waals surface area contributed by atoms with Gasteiger partial charge in [-0.05, 0) is 79.3 Å². The van der Waals surface area contributed by atoms with Gasteiger partial charge in [0.15, 0.2) is 0 Å². The molecule has 2 saturated carbocycles. The summed E-state index contributed by atoms with van der Waals surface area (Å²) >= 11 is 6.08. The third-order valence-corrected chi connectivity index (χ3v) is 8.83. The molecule has 6 rings (SSSR count). The Morgan fingerprint density at radius 3 is 2.56 bits per heavy atom. The van der Waals surface area contributed by atoms with Gasteiger partial charge in [-0.1, -0.05) is 23.7 Å². The fourth-order valence-electron chi connectivity index (χ4n) is 6.71. The number of halogens is 1. The summed E-state index contributed by atoms with van der Waals surface area (Å²) in [6, 6.07) is 12.0. The van der Waals surface area contributed by atoms with Crippen molar-refractivity contribution in [3.8, 4) is 0 Å². The molecule has 0 saturated heterocycles. The maximum absolute atomic E-state index is 13.5. The van der Waals surface area contributed by atoms with Crippen molar-refractivity contribution in [3.05, 3.63) is 64.4 Å². The first-order valence-electron chi connectivity index (χ1n) is 12.1. The van der Waals surface area contributed by atoms with E-state index in [-0.39, 0.29) is 11.3 Å². The number of carboxylic acids is 1.